The fourth-order valence-corrected chi connectivity index (χ4v) is 3.21. The molecule has 0 aliphatic carbocycles. The van der Waals surface area contributed by atoms with Crippen molar-refractivity contribution in [1.29, 1.82) is 0 Å². The van der Waals surface area contributed by atoms with Crippen molar-refractivity contribution in [1.82, 2.24) is 4.90 Å². The van der Waals surface area contributed by atoms with Gasteiger partial charge in [0, 0.05) is 19.5 Å². The second-order valence-electron chi connectivity index (χ2n) is 6.48. The highest BCUT2D eigenvalue weighted by molar-refractivity contribution is 5.98. The number of ether oxygens (including phenoxy) is 2. The van der Waals surface area contributed by atoms with Crippen LogP contribution in [-0.4, -0.2) is 55.1 Å². The van der Waals surface area contributed by atoms with E-state index in [-0.39, 0.29) is 40.5 Å². The monoisotopic (exact) mass is 378 g/mol. The number of benzene rings is 1. The highest BCUT2D eigenvalue weighted by atomic mass is 16.5. The smallest absolute Gasteiger partial charge is 0.335 e. The molecular formula is C19H26N2O6. The summed E-state index contributed by atoms with van der Waals surface area (Å²) >= 11 is 0. The van der Waals surface area contributed by atoms with Crippen LogP contribution in [0.5, 0.6) is 11.5 Å². The third kappa shape index (κ3) is 4.90. The van der Waals surface area contributed by atoms with E-state index in [0.717, 1.165) is 12.8 Å². The van der Waals surface area contributed by atoms with Crippen molar-refractivity contribution < 1.29 is 29.0 Å². The Labute approximate surface area is 158 Å². The molecule has 0 bridgehead atoms. The van der Waals surface area contributed by atoms with Crippen molar-refractivity contribution >= 4 is 23.5 Å². The fraction of sp³-hybridized carbons (Fsp3) is 0.526. The summed E-state index contributed by atoms with van der Waals surface area (Å²) in [5.74, 6) is -1.24. The van der Waals surface area contributed by atoms with Crippen LogP contribution < -0.4 is 14.8 Å². The third-order valence-electron chi connectivity index (χ3n) is 4.59. The highest BCUT2D eigenvalue weighted by Gasteiger charge is 2.29. The van der Waals surface area contributed by atoms with E-state index in [1.165, 1.54) is 26.4 Å². The first-order valence-corrected chi connectivity index (χ1v) is 8.99. The molecular weight excluding hydrogens is 352 g/mol. The lowest BCUT2D eigenvalue weighted by atomic mass is 9.96. The Morgan fingerprint density at radius 3 is 2.59 bits per heavy atom. The van der Waals surface area contributed by atoms with Crippen molar-refractivity contribution in [2.24, 2.45) is 5.92 Å². The fourth-order valence-electron chi connectivity index (χ4n) is 3.21. The number of rotatable bonds is 7. The summed E-state index contributed by atoms with van der Waals surface area (Å²) in [6.45, 7) is 2.97. The van der Waals surface area contributed by atoms with Gasteiger partial charge in [-0.3, -0.25) is 9.59 Å². The summed E-state index contributed by atoms with van der Waals surface area (Å²) < 4.78 is 10.5. The maximum atomic E-state index is 12.7. The Balaban J connectivity index is 2.20. The van der Waals surface area contributed by atoms with E-state index in [1.54, 1.807) is 4.90 Å². The van der Waals surface area contributed by atoms with Crippen molar-refractivity contribution in [3.05, 3.63) is 17.7 Å². The van der Waals surface area contributed by atoms with Crippen LogP contribution in [0.1, 0.15) is 43.0 Å². The van der Waals surface area contributed by atoms with Gasteiger partial charge in [0.2, 0.25) is 11.8 Å². The van der Waals surface area contributed by atoms with Gasteiger partial charge in [-0.15, -0.1) is 0 Å². The second-order valence-corrected chi connectivity index (χ2v) is 6.48. The minimum atomic E-state index is -1.14. The molecule has 0 saturated carbocycles. The van der Waals surface area contributed by atoms with Crippen LogP contribution in [0.25, 0.3) is 0 Å². The standard InChI is InChI=1S/C19H26N2O6/c1-4-6-16(22)21-8-5-7-12(11-21)18(23)20-14-9-13(19(24)25)10-15(26-2)17(14)27-3/h9-10,12H,4-8,11H2,1-3H3,(H,20,23)(H,24,25). The minimum Gasteiger partial charge on any atom is -0.493 e. The number of carboxylic acid groups (broad SMARTS) is 1. The molecule has 2 rings (SSSR count). The number of anilines is 1. The number of likely N-dealkylation sites (tertiary alicyclic amines) is 1. The predicted molar refractivity (Wildman–Crippen MR) is 99.3 cm³/mol. The number of methoxy groups -OCH3 is 2. The summed E-state index contributed by atoms with van der Waals surface area (Å²) in [6.07, 6.45) is 2.66. The minimum absolute atomic E-state index is 0.0219. The molecule has 27 heavy (non-hydrogen) atoms. The summed E-state index contributed by atoms with van der Waals surface area (Å²) in [5, 5.41) is 12.0. The molecule has 8 heteroatoms. The lowest BCUT2D eigenvalue weighted by molar-refractivity contribution is -0.134. The number of aromatic carboxylic acids is 1. The molecule has 1 unspecified atom stereocenters. The van der Waals surface area contributed by atoms with Crippen LogP contribution in [0.4, 0.5) is 5.69 Å². The number of hydrogen-bond acceptors (Lipinski definition) is 5. The number of carboxylic acids is 1. The van der Waals surface area contributed by atoms with Gasteiger partial charge in [0.1, 0.15) is 0 Å². The predicted octanol–water partition coefficient (Wildman–Crippen LogP) is 2.38. The van der Waals surface area contributed by atoms with E-state index in [9.17, 15) is 19.5 Å². The zero-order valence-electron chi connectivity index (χ0n) is 15.9. The van der Waals surface area contributed by atoms with Crippen molar-refractivity contribution in [2.45, 2.75) is 32.6 Å². The van der Waals surface area contributed by atoms with Gasteiger partial charge >= 0.3 is 5.97 Å². The largest absolute Gasteiger partial charge is 0.493 e. The van der Waals surface area contributed by atoms with Gasteiger partial charge < -0.3 is 24.8 Å². The molecule has 2 N–H and O–H groups in total. The van der Waals surface area contributed by atoms with Gasteiger partial charge in [-0.2, -0.15) is 0 Å². The summed E-state index contributed by atoms with van der Waals surface area (Å²) in [4.78, 5) is 37.9. The molecule has 0 spiro atoms. The molecule has 8 nitrogen and oxygen atoms in total. The SMILES string of the molecule is CCCC(=O)N1CCCC(C(=O)Nc2cc(C(=O)O)cc(OC)c2OC)C1. The number of nitrogens with one attached hydrogen (secondary N) is 1. The zero-order valence-corrected chi connectivity index (χ0v) is 15.9. The quantitative estimate of drug-likeness (QED) is 0.755. The Kier molecular flexibility index (Phi) is 7.04. The van der Waals surface area contributed by atoms with Crippen LogP contribution in [0, 0.1) is 5.92 Å². The Bertz CT molecular complexity index is 718. The first-order chi connectivity index (χ1) is 12.9. The van der Waals surface area contributed by atoms with E-state index in [0.29, 0.717) is 25.9 Å². The lowest BCUT2D eigenvalue weighted by Gasteiger charge is -2.32. The molecule has 1 aromatic carbocycles. The van der Waals surface area contributed by atoms with Crippen molar-refractivity contribution in [3.8, 4) is 11.5 Å². The van der Waals surface area contributed by atoms with Crippen LogP contribution in [0.15, 0.2) is 12.1 Å². The summed E-state index contributed by atoms with van der Waals surface area (Å²) in [5.41, 5.74) is 0.211. The van der Waals surface area contributed by atoms with Crippen molar-refractivity contribution in [3.63, 3.8) is 0 Å². The number of carbonyl (C=O) groups is 3. The molecule has 1 atom stereocenters. The molecule has 148 valence electrons. The van der Waals surface area contributed by atoms with Crippen molar-refractivity contribution in [2.75, 3.05) is 32.6 Å². The van der Waals surface area contributed by atoms with E-state index in [1.807, 2.05) is 6.92 Å². The summed E-state index contributed by atoms with van der Waals surface area (Å²) in [6, 6.07) is 2.67. The molecule has 1 aliphatic rings. The van der Waals surface area contributed by atoms with Crippen LogP contribution in [-0.2, 0) is 9.59 Å². The van der Waals surface area contributed by atoms with Gasteiger partial charge in [-0.1, -0.05) is 6.92 Å². The second kappa shape index (κ2) is 9.25. The van der Waals surface area contributed by atoms with E-state index in [2.05, 4.69) is 5.32 Å². The maximum Gasteiger partial charge on any atom is 0.335 e. The highest BCUT2D eigenvalue weighted by Crippen LogP contribution is 2.37. The molecule has 1 saturated heterocycles. The zero-order chi connectivity index (χ0) is 20.0. The Morgan fingerprint density at radius 1 is 1.26 bits per heavy atom. The molecule has 2 amide bonds. The molecule has 1 aromatic rings. The van der Waals surface area contributed by atoms with Gasteiger partial charge in [0.05, 0.1) is 31.4 Å². The number of amides is 2. The van der Waals surface area contributed by atoms with Gasteiger partial charge in [0.15, 0.2) is 11.5 Å². The topological polar surface area (TPSA) is 105 Å². The van der Waals surface area contributed by atoms with Gasteiger partial charge in [-0.25, -0.2) is 4.79 Å². The average molecular weight is 378 g/mol. The number of nitrogens with zero attached hydrogens (tertiary/aromatic N) is 1. The first kappa shape index (κ1) is 20.5. The normalized spacial score (nSPS) is 16.6. The molecule has 1 heterocycles. The summed E-state index contributed by atoms with van der Waals surface area (Å²) in [7, 11) is 2.81. The maximum absolute atomic E-state index is 12.7. The molecule has 0 radical (unpaired) electrons. The van der Waals surface area contributed by atoms with Gasteiger partial charge in [-0.05, 0) is 31.4 Å². The first-order valence-electron chi connectivity index (χ1n) is 8.99. The van der Waals surface area contributed by atoms with E-state index >= 15 is 0 Å². The molecule has 1 aliphatic heterocycles. The number of carbonyl (C=O) groups excluding carboxylic acids is 2. The Hall–Kier alpha value is -2.77. The lowest BCUT2D eigenvalue weighted by Crippen LogP contribution is -2.43. The number of piperidine rings is 1. The van der Waals surface area contributed by atoms with E-state index < -0.39 is 5.97 Å². The number of hydrogen-bond donors (Lipinski definition) is 2. The molecule has 1 fully saturated rings. The van der Waals surface area contributed by atoms with Crippen LogP contribution >= 0.6 is 0 Å². The third-order valence-corrected chi connectivity index (χ3v) is 4.59. The van der Waals surface area contributed by atoms with E-state index in [4.69, 9.17) is 9.47 Å². The van der Waals surface area contributed by atoms with Crippen LogP contribution in [0.3, 0.4) is 0 Å². The molecule has 0 aromatic heterocycles. The van der Waals surface area contributed by atoms with Crippen LogP contribution in [0.2, 0.25) is 0 Å². The Morgan fingerprint density at radius 2 is 2.00 bits per heavy atom. The van der Waals surface area contributed by atoms with Gasteiger partial charge in [0.25, 0.3) is 0 Å². The average Bonchev–Trinajstić information content (AvgIpc) is 2.67.